The molecule has 2 aromatic heterocycles. The number of nitrogens with zero attached hydrogens (tertiary/aromatic N) is 2. The van der Waals surface area contributed by atoms with Gasteiger partial charge in [0.25, 0.3) is 0 Å². The van der Waals surface area contributed by atoms with Crippen molar-refractivity contribution in [3.05, 3.63) is 66.1 Å². The molecule has 0 aliphatic carbocycles. The maximum atomic E-state index is 4.62. The van der Waals surface area contributed by atoms with Gasteiger partial charge in [0, 0.05) is 43.7 Å². The molecule has 0 aliphatic heterocycles. The molecule has 0 bridgehead atoms. The number of hydrogen-bond donors (Lipinski definition) is 4. The zero-order valence-electron chi connectivity index (χ0n) is 16.1. The first-order valence-corrected chi connectivity index (χ1v) is 9.76. The number of H-pyrrole nitrogens is 2. The highest BCUT2D eigenvalue weighted by molar-refractivity contribution is 5.83. The fourth-order valence-electron chi connectivity index (χ4n) is 3.46. The normalized spacial score (nSPS) is 12.0. The number of guanidine groups is 1. The summed E-state index contributed by atoms with van der Waals surface area (Å²) in [6, 6.07) is 16.5. The second-order valence-electron chi connectivity index (χ2n) is 6.84. The molecule has 0 atom stereocenters. The maximum Gasteiger partial charge on any atom is 0.190 e. The van der Waals surface area contributed by atoms with Crippen LogP contribution in [0.15, 0.2) is 59.7 Å². The molecule has 144 valence electrons. The highest BCUT2D eigenvalue weighted by Gasteiger charge is 2.04. The number of fused-ring (bicyclic) bond motifs is 2. The molecule has 4 rings (SSSR count). The number of aromatic amines is 2. The molecule has 0 saturated carbocycles. The van der Waals surface area contributed by atoms with E-state index in [-0.39, 0.29) is 0 Å². The number of hydrogen-bond acceptors (Lipinski definition) is 2. The van der Waals surface area contributed by atoms with E-state index in [4.69, 9.17) is 0 Å². The van der Waals surface area contributed by atoms with Crippen molar-refractivity contribution in [1.29, 1.82) is 0 Å². The monoisotopic (exact) mass is 374 g/mol. The van der Waals surface area contributed by atoms with E-state index < -0.39 is 0 Å². The van der Waals surface area contributed by atoms with Crippen LogP contribution in [0.1, 0.15) is 17.8 Å². The number of imidazole rings is 1. The van der Waals surface area contributed by atoms with Crippen molar-refractivity contribution in [3.8, 4) is 0 Å². The molecule has 28 heavy (non-hydrogen) atoms. The van der Waals surface area contributed by atoms with Crippen LogP contribution in [0.2, 0.25) is 0 Å². The zero-order valence-corrected chi connectivity index (χ0v) is 16.1. The quantitative estimate of drug-likeness (QED) is 0.227. The fraction of sp³-hybridized carbons (Fsp3) is 0.273. The van der Waals surface area contributed by atoms with Crippen molar-refractivity contribution in [1.82, 2.24) is 25.6 Å². The Morgan fingerprint density at radius 3 is 2.61 bits per heavy atom. The smallest absolute Gasteiger partial charge is 0.190 e. The molecule has 4 N–H and O–H groups in total. The van der Waals surface area contributed by atoms with Crippen LogP contribution in [-0.4, -0.2) is 41.0 Å². The van der Waals surface area contributed by atoms with Crippen LogP contribution in [0.5, 0.6) is 0 Å². The highest BCUT2D eigenvalue weighted by Crippen LogP contribution is 2.17. The Morgan fingerprint density at radius 1 is 0.964 bits per heavy atom. The van der Waals surface area contributed by atoms with Gasteiger partial charge in [0.05, 0.1) is 11.0 Å². The summed E-state index contributed by atoms with van der Waals surface area (Å²) in [6.07, 6.45) is 4.94. The summed E-state index contributed by atoms with van der Waals surface area (Å²) in [7, 11) is 1.81. The van der Waals surface area contributed by atoms with Gasteiger partial charge in [0.2, 0.25) is 0 Å². The Labute approximate surface area is 164 Å². The Bertz CT molecular complexity index is 1040. The van der Waals surface area contributed by atoms with Crippen molar-refractivity contribution in [2.45, 2.75) is 19.3 Å². The molecular weight excluding hydrogens is 348 g/mol. The van der Waals surface area contributed by atoms with Gasteiger partial charge in [-0.15, -0.1) is 0 Å². The first-order valence-electron chi connectivity index (χ1n) is 9.76. The van der Waals surface area contributed by atoms with Gasteiger partial charge in [0.1, 0.15) is 5.82 Å². The summed E-state index contributed by atoms with van der Waals surface area (Å²) in [5.74, 6) is 1.87. The van der Waals surface area contributed by atoms with Gasteiger partial charge in [-0.1, -0.05) is 30.3 Å². The van der Waals surface area contributed by atoms with Crippen LogP contribution in [-0.2, 0) is 12.8 Å². The minimum Gasteiger partial charge on any atom is -0.361 e. The van der Waals surface area contributed by atoms with E-state index in [1.165, 1.54) is 16.5 Å². The molecule has 0 fully saturated rings. The molecule has 4 aromatic rings. The Balaban J connectivity index is 1.20. The molecule has 0 radical (unpaired) electrons. The lowest BCUT2D eigenvalue weighted by Gasteiger charge is -2.11. The first kappa shape index (κ1) is 18.1. The molecule has 0 aliphatic rings. The Morgan fingerprint density at radius 2 is 1.75 bits per heavy atom. The van der Waals surface area contributed by atoms with Gasteiger partial charge < -0.3 is 20.6 Å². The predicted octanol–water partition coefficient (Wildman–Crippen LogP) is 3.38. The summed E-state index contributed by atoms with van der Waals surface area (Å²) >= 11 is 0. The number of nitrogens with one attached hydrogen (secondary N) is 4. The summed E-state index contributed by atoms with van der Waals surface area (Å²) in [4.78, 5) is 15.6. The molecule has 2 aromatic carbocycles. The molecule has 6 heteroatoms. The molecule has 0 spiro atoms. The largest absolute Gasteiger partial charge is 0.361 e. The highest BCUT2D eigenvalue weighted by atomic mass is 15.2. The number of rotatable bonds is 7. The van der Waals surface area contributed by atoms with Crippen molar-refractivity contribution in [2.24, 2.45) is 4.99 Å². The number of para-hydroxylation sites is 3. The van der Waals surface area contributed by atoms with Gasteiger partial charge in [0.15, 0.2) is 5.96 Å². The second kappa shape index (κ2) is 8.61. The maximum absolute atomic E-state index is 4.62. The second-order valence-corrected chi connectivity index (χ2v) is 6.84. The standard InChI is InChI=1S/C22H26N6/c1-23-22(25-14-12-16-15-26-18-8-3-2-7-17(16)18)24-13-6-11-21-27-19-9-4-5-10-20(19)28-21/h2-5,7-10,15,26H,6,11-14H2,1H3,(H,27,28)(H2,23,24,25). The lowest BCUT2D eigenvalue weighted by Crippen LogP contribution is -2.38. The number of aryl methyl sites for hydroxylation is 1. The van der Waals surface area contributed by atoms with E-state index in [9.17, 15) is 0 Å². The third-order valence-corrected chi connectivity index (χ3v) is 4.91. The van der Waals surface area contributed by atoms with Crippen molar-refractivity contribution >= 4 is 27.9 Å². The van der Waals surface area contributed by atoms with E-state index in [2.05, 4.69) is 67.1 Å². The van der Waals surface area contributed by atoms with Crippen LogP contribution in [0.3, 0.4) is 0 Å². The van der Waals surface area contributed by atoms with Crippen LogP contribution >= 0.6 is 0 Å². The summed E-state index contributed by atoms with van der Waals surface area (Å²) in [6.45, 7) is 1.69. The minimum absolute atomic E-state index is 0.837. The van der Waals surface area contributed by atoms with Gasteiger partial charge in [-0.3, -0.25) is 4.99 Å². The van der Waals surface area contributed by atoms with E-state index in [1.54, 1.807) is 7.05 Å². The Kier molecular flexibility index (Phi) is 5.56. The van der Waals surface area contributed by atoms with Crippen molar-refractivity contribution in [2.75, 3.05) is 20.1 Å². The lowest BCUT2D eigenvalue weighted by molar-refractivity contribution is 0.724. The van der Waals surface area contributed by atoms with Gasteiger partial charge >= 0.3 is 0 Å². The molecule has 2 heterocycles. The third kappa shape index (κ3) is 4.17. The van der Waals surface area contributed by atoms with Crippen molar-refractivity contribution in [3.63, 3.8) is 0 Å². The first-order chi connectivity index (χ1) is 13.8. The molecule has 6 nitrogen and oxygen atoms in total. The molecular formula is C22H26N6. The number of aliphatic imine (C=N–C) groups is 1. The van der Waals surface area contributed by atoms with Crippen LogP contribution in [0.4, 0.5) is 0 Å². The SMILES string of the molecule is CN=C(NCCCc1nc2ccccc2[nH]1)NCCc1c[nH]c2ccccc12. The van der Waals surface area contributed by atoms with Gasteiger partial charge in [-0.2, -0.15) is 0 Å². The van der Waals surface area contributed by atoms with Crippen LogP contribution < -0.4 is 10.6 Å². The number of benzene rings is 2. The third-order valence-electron chi connectivity index (χ3n) is 4.91. The van der Waals surface area contributed by atoms with Gasteiger partial charge in [-0.05, 0) is 36.6 Å². The Hall–Kier alpha value is -3.28. The van der Waals surface area contributed by atoms with Gasteiger partial charge in [-0.25, -0.2) is 4.98 Å². The zero-order chi connectivity index (χ0) is 19.2. The molecule has 0 unspecified atom stereocenters. The predicted molar refractivity (Wildman–Crippen MR) is 116 cm³/mol. The van der Waals surface area contributed by atoms with E-state index in [1.807, 2.05) is 18.2 Å². The average molecular weight is 374 g/mol. The van der Waals surface area contributed by atoms with E-state index >= 15 is 0 Å². The molecule has 0 saturated heterocycles. The number of aromatic nitrogens is 3. The minimum atomic E-state index is 0.837. The topological polar surface area (TPSA) is 80.9 Å². The van der Waals surface area contributed by atoms with E-state index in [0.29, 0.717) is 0 Å². The summed E-state index contributed by atoms with van der Waals surface area (Å²) in [5, 5.41) is 8.06. The lowest BCUT2D eigenvalue weighted by atomic mass is 10.1. The molecule has 0 amide bonds. The van der Waals surface area contributed by atoms with Crippen LogP contribution in [0, 0.1) is 0 Å². The fourth-order valence-corrected chi connectivity index (χ4v) is 3.46. The average Bonchev–Trinajstić information content (AvgIpc) is 3.33. The van der Waals surface area contributed by atoms with Crippen LogP contribution in [0.25, 0.3) is 21.9 Å². The summed E-state index contributed by atoms with van der Waals surface area (Å²) < 4.78 is 0. The summed E-state index contributed by atoms with van der Waals surface area (Å²) in [5.41, 5.74) is 4.63. The van der Waals surface area contributed by atoms with Crippen molar-refractivity contribution < 1.29 is 0 Å². The van der Waals surface area contributed by atoms with E-state index in [0.717, 1.165) is 55.2 Å².